The summed E-state index contributed by atoms with van der Waals surface area (Å²) >= 11 is 1.96. The maximum Gasteiger partial charge on any atom is 0.251 e. The molecule has 1 aromatic rings. The molecule has 1 N–H and O–H groups in total. The molecular formula is C17H21N3O2S. The first-order valence-corrected chi connectivity index (χ1v) is 9.08. The highest BCUT2D eigenvalue weighted by atomic mass is 32.2. The molecule has 1 atom stereocenters. The second kappa shape index (κ2) is 7.35. The zero-order valence-electron chi connectivity index (χ0n) is 13.1. The molecule has 3 rings (SSSR count). The van der Waals surface area contributed by atoms with Crippen molar-refractivity contribution in [1.82, 2.24) is 10.2 Å². The van der Waals surface area contributed by atoms with Gasteiger partial charge in [-0.25, -0.2) is 0 Å². The first kappa shape index (κ1) is 16.3. The molecule has 0 aromatic heterocycles. The van der Waals surface area contributed by atoms with Gasteiger partial charge in [0.25, 0.3) is 5.91 Å². The van der Waals surface area contributed by atoms with E-state index in [2.05, 4.69) is 16.3 Å². The van der Waals surface area contributed by atoms with Crippen LogP contribution in [0.2, 0.25) is 0 Å². The first-order chi connectivity index (χ1) is 11.2. The molecule has 2 saturated heterocycles. The largest absolute Gasteiger partial charge is 0.379 e. The van der Waals surface area contributed by atoms with Crippen molar-refractivity contribution in [3.63, 3.8) is 0 Å². The van der Waals surface area contributed by atoms with Crippen molar-refractivity contribution >= 4 is 17.7 Å². The maximum absolute atomic E-state index is 12.4. The molecule has 0 aliphatic carbocycles. The number of amides is 1. The van der Waals surface area contributed by atoms with Crippen molar-refractivity contribution in [3.05, 3.63) is 35.4 Å². The number of ether oxygens (including phenoxy) is 1. The molecule has 0 spiro atoms. The number of benzene rings is 1. The monoisotopic (exact) mass is 331 g/mol. The van der Waals surface area contributed by atoms with Crippen LogP contribution in [-0.4, -0.2) is 60.7 Å². The normalized spacial score (nSPS) is 25.0. The molecule has 122 valence electrons. The molecule has 1 aromatic carbocycles. The van der Waals surface area contributed by atoms with Crippen molar-refractivity contribution in [2.24, 2.45) is 0 Å². The number of thioether (sulfide) groups is 1. The average molecular weight is 331 g/mol. The van der Waals surface area contributed by atoms with Gasteiger partial charge >= 0.3 is 0 Å². The van der Waals surface area contributed by atoms with Crippen LogP contribution in [0.4, 0.5) is 0 Å². The summed E-state index contributed by atoms with van der Waals surface area (Å²) in [7, 11) is 0. The molecule has 23 heavy (non-hydrogen) atoms. The van der Waals surface area contributed by atoms with Gasteiger partial charge in [-0.15, -0.1) is 0 Å². The van der Waals surface area contributed by atoms with Gasteiger partial charge in [0, 0.05) is 36.5 Å². The van der Waals surface area contributed by atoms with E-state index in [1.165, 1.54) is 0 Å². The molecule has 5 nitrogen and oxygen atoms in total. The Labute approximate surface area is 141 Å². The fourth-order valence-corrected chi connectivity index (χ4v) is 4.66. The fourth-order valence-electron chi connectivity index (χ4n) is 3.18. The molecular weight excluding hydrogens is 310 g/mol. The van der Waals surface area contributed by atoms with Gasteiger partial charge in [0.1, 0.15) is 0 Å². The molecule has 0 saturated carbocycles. The summed E-state index contributed by atoms with van der Waals surface area (Å²) in [5.41, 5.74) is 1.22. The van der Waals surface area contributed by atoms with E-state index < -0.39 is 0 Å². The Morgan fingerprint density at radius 3 is 2.70 bits per heavy atom. The highest BCUT2D eigenvalue weighted by Gasteiger charge is 2.40. The second-order valence-corrected chi connectivity index (χ2v) is 7.10. The summed E-state index contributed by atoms with van der Waals surface area (Å²) in [5, 5.41) is 11.9. The van der Waals surface area contributed by atoms with E-state index in [1.54, 1.807) is 24.3 Å². The molecule has 0 radical (unpaired) electrons. The van der Waals surface area contributed by atoms with Gasteiger partial charge in [0.15, 0.2) is 0 Å². The van der Waals surface area contributed by atoms with Crippen LogP contribution in [-0.2, 0) is 4.74 Å². The Hall–Kier alpha value is -1.55. The van der Waals surface area contributed by atoms with Gasteiger partial charge in [-0.05, 0) is 36.4 Å². The van der Waals surface area contributed by atoms with E-state index in [0.29, 0.717) is 17.7 Å². The minimum atomic E-state index is -0.0703. The lowest BCUT2D eigenvalue weighted by Gasteiger charge is -2.43. The number of carbonyl (C=O) groups excluding carboxylic acids is 1. The quantitative estimate of drug-likeness (QED) is 0.906. The van der Waals surface area contributed by atoms with Crippen LogP contribution in [0.5, 0.6) is 0 Å². The second-order valence-electron chi connectivity index (χ2n) is 6.00. The lowest BCUT2D eigenvalue weighted by atomic mass is 9.95. The Bertz CT molecular complexity index is 585. The number of hydrogen-bond donors (Lipinski definition) is 1. The van der Waals surface area contributed by atoms with E-state index in [-0.39, 0.29) is 11.4 Å². The number of hydrogen-bond acceptors (Lipinski definition) is 5. The van der Waals surface area contributed by atoms with Gasteiger partial charge in [0.2, 0.25) is 0 Å². The fraction of sp³-hybridized carbons (Fsp3) is 0.529. The lowest BCUT2D eigenvalue weighted by Crippen LogP contribution is -2.59. The van der Waals surface area contributed by atoms with Crippen LogP contribution in [0.3, 0.4) is 0 Å². The summed E-state index contributed by atoms with van der Waals surface area (Å²) < 4.78 is 5.46. The summed E-state index contributed by atoms with van der Waals surface area (Å²) in [6.07, 6.45) is 1.10. The topological polar surface area (TPSA) is 65.4 Å². The third kappa shape index (κ3) is 3.69. The number of nitriles is 1. The minimum absolute atomic E-state index is 0.0523. The molecule has 1 amide bonds. The number of nitrogens with one attached hydrogen (secondary N) is 1. The number of carbonyl (C=O) groups is 1. The predicted octanol–water partition coefficient (Wildman–Crippen LogP) is 1.50. The van der Waals surface area contributed by atoms with Crippen molar-refractivity contribution in [1.29, 1.82) is 5.26 Å². The van der Waals surface area contributed by atoms with Gasteiger partial charge in [-0.1, -0.05) is 0 Å². The summed E-state index contributed by atoms with van der Waals surface area (Å²) in [6, 6.07) is 8.84. The first-order valence-electron chi connectivity index (χ1n) is 7.92. The van der Waals surface area contributed by atoms with E-state index in [4.69, 9.17) is 10.00 Å². The third-order valence-electron chi connectivity index (χ3n) is 4.62. The smallest absolute Gasteiger partial charge is 0.251 e. The summed E-state index contributed by atoms with van der Waals surface area (Å²) in [6.45, 7) is 4.09. The van der Waals surface area contributed by atoms with Crippen LogP contribution in [0, 0.1) is 11.3 Å². The van der Waals surface area contributed by atoms with Crippen molar-refractivity contribution in [2.45, 2.75) is 12.0 Å². The minimum Gasteiger partial charge on any atom is -0.379 e. The molecule has 1 unspecified atom stereocenters. The van der Waals surface area contributed by atoms with Crippen LogP contribution >= 0.6 is 11.8 Å². The van der Waals surface area contributed by atoms with E-state index >= 15 is 0 Å². The van der Waals surface area contributed by atoms with Crippen molar-refractivity contribution in [3.8, 4) is 6.07 Å². The van der Waals surface area contributed by atoms with Crippen LogP contribution in [0.15, 0.2) is 24.3 Å². The highest BCUT2D eigenvalue weighted by Crippen LogP contribution is 2.33. The van der Waals surface area contributed by atoms with E-state index in [9.17, 15) is 4.79 Å². The van der Waals surface area contributed by atoms with Crippen LogP contribution in [0.1, 0.15) is 22.3 Å². The lowest BCUT2D eigenvalue weighted by molar-refractivity contribution is -0.0129. The molecule has 6 heteroatoms. The Morgan fingerprint density at radius 1 is 1.35 bits per heavy atom. The van der Waals surface area contributed by atoms with Crippen LogP contribution in [0.25, 0.3) is 0 Å². The van der Waals surface area contributed by atoms with Crippen molar-refractivity contribution < 1.29 is 9.53 Å². The Morgan fingerprint density at radius 2 is 2.09 bits per heavy atom. The number of morpholine rings is 1. The molecule has 2 fully saturated rings. The third-order valence-corrected chi connectivity index (χ3v) is 5.85. The maximum atomic E-state index is 12.4. The van der Waals surface area contributed by atoms with E-state index in [0.717, 1.165) is 44.2 Å². The molecule has 2 heterocycles. The van der Waals surface area contributed by atoms with Gasteiger partial charge in [-0.3, -0.25) is 9.69 Å². The van der Waals surface area contributed by atoms with E-state index in [1.807, 2.05) is 11.8 Å². The van der Waals surface area contributed by atoms with Gasteiger partial charge in [0.05, 0.1) is 24.8 Å². The zero-order valence-corrected chi connectivity index (χ0v) is 13.9. The predicted molar refractivity (Wildman–Crippen MR) is 90.6 cm³/mol. The summed E-state index contributed by atoms with van der Waals surface area (Å²) in [4.78, 5) is 14.9. The van der Waals surface area contributed by atoms with Gasteiger partial charge < -0.3 is 10.1 Å². The molecule has 2 aliphatic rings. The number of nitrogens with zero attached hydrogens (tertiary/aromatic N) is 2. The van der Waals surface area contributed by atoms with Crippen molar-refractivity contribution in [2.75, 3.05) is 44.4 Å². The summed E-state index contributed by atoms with van der Waals surface area (Å²) in [5.74, 6) is 2.13. The van der Waals surface area contributed by atoms with Crippen LogP contribution < -0.4 is 5.32 Å². The Kier molecular flexibility index (Phi) is 5.21. The Balaban J connectivity index is 1.64. The number of rotatable bonds is 4. The zero-order chi connectivity index (χ0) is 16.1. The standard InChI is InChI=1S/C17H21N3O2S/c18-11-14-1-3-15(4-2-14)16(21)19-12-17(5-10-23-13-17)20-6-8-22-9-7-20/h1-4H,5-10,12-13H2,(H,19,21). The molecule has 0 bridgehead atoms. The highest BCUT2D eigenvalue weighted by molar-refractivity contribution is 7.99. The average Bonchev–Trinajstić information content (AvgIpc) is 3.11. The SMILES string of the molecule is N#Cc1ccc(C(=O)NCC2(N3CCOCC3)CCSC2)cc1. The van der Waals surface area contributed by atoms with Gasteiger partial charge in [-0.2, -0.15) is 17.0 Å². The molecule has 2 aliphatic heterocycles.